The zero-order chi connectivity index (χ0) is 10.2. The van der Waals surface area contributed by atoms with E-state index in [1.54, 1.807) is 7.11 Å². The molecule has 0 aliphatic rings. The Balaban J connectivity index is 2.60. The minimum atomic E-state index is 0.295. The maximum absolute atomic E-state index is 5.42. The fourth-order valence-corrected chi connectivity index (χ4v) is 1.17. The summed E-state index contributed by atoms with van der Waals surface area (Å²) in [5.41, 5.74) is 1.16. The molecule has 0 unspecified atom stereocenters. The molecule has 1 aromatic carbocycles. The molecule has 0 atom stereocenters. The highest BCUT2D eigenvalue weighted by molar-refractivity contribution is 5.33. The molecular formula is C11H17NO2. The predicted octanol–water partition coefficient (Wildman–Crippen LogP) is 1.78. The summed E-state index contributed by atoms with van der Waals surface area (Å²) < 4.78 is 10.3. The van der Waals surface area contributed by atoms with Gasteiger partial charge in [0.15, 0.2) is 6.79 Å². The van der Waals surface area contributed by atoms with Gasteiger partial charge in [0.2, 0.25) is 0 Å². The number of benzene rings is 1. The van der Waals surface area contributed by atoms with Gasteiger partial charge >= 0.3 is 0 Å². The highest BCUT2D eigenvalue weighted by Crippen LogP contribution is 2.17. The highest BCUT2D eigenvalue weighted by atomic mass is 16.7. The van der Waals surface area contributed by atoms with Gasteiger partial charge in [-0.3, -0.25) is 0 Å². The van der Waals surface area contributed by atoms with Gasteiger partial charge in [0.25, 0.3) is 0 Å². The van der Waals surface area contributed by atoms with Crippen LogP contribution in [0, 0.1) is 0 Å². The Bertz CT molecular complexity index is 236. The van der Waals surface area contributed by atoms with Gasteiger partial charge in [-0.15, -0.1) is 0 Å². The average molecular weight is 195 g/mol. The van der Waals surface area contributed by atoms with Crippen molar-refractivity contribution < 1.29 is 9.47 Å². The molecule has 3 heteroatoms. The molecule has 0 fully saturated rings. The number of nitrogens with one attached hydrogen (secondary N) is 1. The van der Waals surface area contributed by atoms with Crippen LogP contribution in [0.1, 0.15) is 12.5 Å². The summed E-state index contributed by atoms with van der Waals surface area (Å²) in [7, 11) is 1.62. The van der Waals surface area contributed by atoms with Crippen molar-refractivity contribution in [1.29, 1.82) is 0 Å². The second-order valence-electron chi connectivity index (χ2n) is 2.94. The summed E-state index contributed by atoms with van der Waals surface area (Å²) in [5, 5.41) is 3.26. The van der Waals surface area contributed by atoms with Gasteiger partial charge in [-0.2, -0.15) is 0 Å². The van der Waals surface area contributed by atoms with Crippen LogP contribution in [0.5, 0.6) is 5.75 Å². The van der Waals surface area contributed by atoms with Crippen molar-refractivity contribution in [2.75, 3.05) is 20.4 Å². The molecule has 0 aliphatic carbocycles. The summed E-state index contributed by atoms with van der Waals surface area (Å²) in [5.74, 6) is 0.885. The summed E-state index contributed by atoms with van der Waals surface area (Å²) in [6, 6.07) is 7.96. The summed E-state index contributed by atoms with van der Waals surface area (Å²) in [4.78, 5) is 0. The molecule has 0 saturated carbocycles. The molecule has 0 aromatic heterocycles. The fourth-order valence-electron chi connectivity index (χ4n) is 1.17. The zero-order valence-corrected chi connectivity index (χ0v) is 8.75. The first-order valence-electron chi connectivity index (χ1n) is 4.78. The van der Waals surface area contributed by atoms with Crippen molar-refractivity contribution in [1.82, 2.24) is 5.32 Å². The second-order valence-corrected chi connectivity index (χ2v) is 2.94. The molecule has 78 valence electrons. The van der Waals surface area contributed by atoms with Crippen LogP contribution in [0.25, 0.3) is 0 Å². The highest BCUT2D eigenvalue weighted by Gasteiger charge is 2.00. The van der Waals surface area contributed by atoms with Crippen LogP contribution < -0.4 is 10.1 Å². The first-order valence-corrected chi connectivity index (χ1v) is 4.78. The molecule has 0 radical (unpaired) electrons. The number of para-hydroxylation sites is 1. The quantitative estimate of drug-likeness (QED) is 0.702. The van der Waals surface area contributed by atoms with E-state index in [2.05, 4.69) is 12.2 Å². The lowest BCUT2D eigenvalue weighted by molar-refractivity contribution is 0.0503. The summed E-state index contributed by atoms with van der Waals surface area (Å²) >= 11 is 0. The van der Waals surface area contributed by atoms with Gasteiger partial charge in [0.1, 0.15) is 5.75 Å². The number of methoxy groups -OCH3 is 1. The Kier molecular flexibility index (Phi) is 5.04. The van der Waals surface area contributed by atoms with Crippen LogP contribution in [0.15, 0.2) is 24.3 Å². The molecule has 3 nitrogen and oxygen atoms in total. The van der Waals surface area contributed by atoms with Gasteiger partial charge in [-0.05, 0) is 12.6 Å². The van der Waals surface area contributed by atoms with Crippen molar-refractivity contribution >= 4 is 0 Å². The van der Waals surface area contributed by atoms with E-state index >= 15 is 0 Å². The van der Waals surface area contributed by atoms with Crippen molar-refractivity contribution in [2.24, 2.45) is 0 Å². The molecule has 0 bridgehead atoms. The molecule has 0 spiro atoms. The van der Waals surface area contributed by atoms with Gasteiger partial charge in [0, 0.05) is 19.2 Å². The van der Waals surface area contributed by atoms with E-state index in [9.17, 15) is 0 Å². The van der Waals surface area contributed by atoms with E-state index in [0.29, 0.717) is 6.79 Å². The van der Waals surface area contributed by atoms with Crippen LogP contribution >= 0.6 is 0 Å². The molecular weight excluding hydrogens is 178 g/mol. The van der Waals surface area contributed by atoms with Crippen LogP contribution in [0.3, 0.4) is 0 Å². The average Bonchev–Trinajstić information content (AvgIpc) is 2.24. The smallest absolute Gasteiger partial charge is 0.188 e. The molecule has 14 heavy (non-hydrogen) atoms. The SMILES string of the molecule is CCNCc1ccccc1OCOC. The first-order chi connectivity index (χ1) is 6.88. The van der Waals surface area contributed by atoms with Crippen LogP contribution in [-0.2, 0) is 11.3 Å². The third-order valence-corrected chi connectivity index (χ3v) is 1.87. The van der Waals surface area contributed by atoms with Crippen molar-refractivity contribution in [3.8, 4) is 5.75 Å². The van der Waals surface area contributed by atoms with E-state index < -0.39 is 0 Å². The van der Waals surface area contributed by atoms with Gasteiger partial charge < -0.3 is 14.8 Å². The number of rotatable bonds is 6. The van der Waals surface area contributed by atoms with E-state index in [4.69, 9.17) is 9.47 Å². The molecule has 0 saturated heterocycles. The van der Waals surface area contributed by atoms with Crippen LogP contribution in [-0.4, -0.2) is 20.4 Å². The molecule has 1 aromatic rings. The largest absolute Gasteiger partial charge is 0.467 e. The van der Waals surface area contributed by atoms with Crippen molar-refractivity contribution in [3.63, 3.8) is 0 Å². The van der Waals surface area contributed by atoms with Crippen molar-refractivity contribution in [3.05, 3.63) is 29.8 Å². The summed E-state index contributed by atoms with van der Waals surface area (Å²) in [6.07, 6.45) is 0. The van der Waals surface area contributed by atoms with E-state index in [0.717, 1.165) is 24.4 Å². The van der Waals surface area contributed by atoms with E-state index in [1.165, 1.54) is 0 Å². The molecule has 1 rings (SSSR count). The monoisotopic (exact) mass is 195 g/mol. The Hall–Kier alpha value is -1.06. The first kappa shape index (κ1) is 11.0. The number of ether oxygens (including phenoxy) is 2. The zero-order valence-electron chi connectivity index (χ0n) is 8.75. The number of hydrogen-bond acceptors (Lipinski definition) is 3. The molecule has 0 heterocycles. The van der Waals surface area contributed by atoms with Crippen molar-refractivity contribution in [2.45, 2.75) is 13.5 Å². The fraction of sp³-hybridized carbons (Fsp3) is 0.455. The van der Waals surface area contributed by atoms with E-state index in [-0.39, 0.29) is 0 Å². The Morgan fingerprint density at radius 2 is 2.07 bits per heavy atom. The molecule has 0 aliphatic heterocycles. The second kappa shape index (κ2) is 6.40. The third-order valence-electron chi connectivity index (χ3n) is 1.87. The number of hydrogen-bond donors (Lipinski definition) is 1. The topological polar surface area (TPSA) is 30.5 Å². The molecule has 1 N–H and O–H groups in total. The van der Waals surface area contributed by atoms with Gasteiger partial charge in [-0.25, -0.2) is 0 Å². The Morgan fingerprint density at radius 3 is 2.79 bits per heavy atom. The third kappa shape index (κ3) is 3.36. The lowest BCUT2D eigenvalue weighted by Gasteiger charge is -2.10. The minimum absolute atomic E-state index is 0.295. The summed E-state index contributed by atoms with van der Waals surface area (Å²) in [6.45, 7) is 4.16. The lowest BCUT2D eigenvalue weighted by atomic mass is 10.2. The standard InChI is InChI=1S/C11H17NO2/c1-3-12-8-10-6-4-5-7-11(10)14-9-13-2/h4-7,12H,3,8-9H2,1-2H3. The van der Waals surface area contributed by atoms with Gasteiger partial charge in [-0.1, -0.05) is 25.1 Å². The minimum Gasteiger partial charge on any atom is -0.467 e. The Morgan fingerprint density at radius 1 is 1.29 bits per heavy atom. The lowest BCUT2D eigenvalue weighted by Crippen LogP contribution is -2.13. The normalized spacial score (nSPS) is 10.1. The van der Waals surface area contributed by atoms with Crippen LogP contribution in [0.4, 0.5) is 0 Å². The predicted molar refractivity (Wildman–Crippen MR) is 56.3 cm³/mol. The van der Waals surface area contributed by atoms with Crippen LogP contribution in [0.2, 0.25) is 0 Å². The maximum Gasteiger partial charge on any atom is 0.188 e. The van der Waals surface area contributed by atoms with Gasteiger partial charge in [0.05, 0.1) is 0 Å². The van der Waals surface area contributed by atoms with E-state index in [1.807, 2.05) is 24.3 Å². The maximum atomic E-state index is 5.42. The molecule has 0 amide bonds. The Labute approximate surface area is 85.0 Å².